The molecular formula is C15H22Cl2N2. The molecule has 0 saturated heterocycles. The molecule has 2 rings (SSSR count). The molecule has 0 amide bonds. The molecule has 1 aromatic carbocycles. The first-order valence-corrected chi connectivity index (χ1v) is 7.70. The summed E-state index contributed by atoms with van der Waals surface area (Å²) in [6.45, 7) is 4.21. The lowest BCUT2D eigenvalue weighted by Crippen LogP contribution is -2.33. The lowest BCUT2D eigenvalue weighted by Gasteiger charge is -2.33. The topological polar surface area (TPSA) is 38.0 Å². The van der Waals surface area contributed by atoms with Gasteiger partial charge in [-0.2, -0.15) is 0 Å². The fourth-order valence-corrected chi connectivity index (χ4v) is 3.36. The summed E-state index contributed by atoms with van der Waals surface area (Å²) < 4.78 is 0. The van der Waals surface area contributed by atoms with Gasteiger partial charge in [-0.15, -0.1) is 0 Å². The van der Waals surface area contributed by atoms with Gasteiger partial charge in [-0.25, -0.2) is 0 Å². The van der Waals surface area contributed by atoms with E-state index in [1.54, 1.807) is 0 Å². The monoisotopic (exact) mass is 300 g/mol. The molecule has 1 aliphatic carbocycles. The molecular weight excluding hydrogens is 279 g/mol. The summed E-state index contributed by atoms with van der Waals surface area (Å²) in [5, 5.41) is 4.60. The fourth-order valence-electron chi connectivity index (χ4n) is 2.83. The summed E-state index contributed by atoms with van der Waals surface area (Å²) in [5.41, 5.74) is 7.73. The quantitative estimate of drug-likeness (QED) is 0.795. The van der Waals surface area contributed by atoms with Crippen LogP contribution in [0.15, 0.2) is 12.1 Å². The third kappa shape index (κ3) is 4.01. The van der Waals surface area contributed by atoms with E-state index in [9.17, 15) is 0 Å². The van der Waals surface area contributed by atoms with Crippen LogP contribution in [0.2, 0.25) is 10.0 Å². The molecule has 1 aliphatic rings. The van der Waals surface area contributed by atoms with Crippen LogP contribution in [0.5, 0.6) is 0 Å². The van der Waals surface area contributed by atoms with Crippen molar-refractivity contribution >= 4 is 28.9 Å². The molecule has 4 heteroatoms. The molecule has 1 aromatic rings. The van der Waals surface area contributed by atoms with E-state index in [0.717, 1.165) is 18.7 Å². The van der Waals surface area contributed by atoms with Crippen molar-refractivity contribution in [2.75, 3.05) is 12.3 Å². The third-order valence-electron chi connectivity index (χ3n) is 4.08. The van der Waals surface area contributed by atoms with Crippen molar-refractivity contribution in [2.24, 2.45) is 5.41 Å². The van der Waals surface area contributed by atoms with Crippen LogP contribution in [0.4, 0.5) is 5.69 Å². The first-order valence-electron chi connectivity index (χ1n) is 6.94. The average molecular weight is 301 g/mol. The number of nitrogens with one attached hydrogen (secondary N) is 1. The summed E-state index contributed by atoms with van der Waals surface area (Å²) in [6.07, 6.45) is 6.75. The average Bonchev–Trinajstić information content (AvgIpc) is 2.36. The highest BCUT2D eigenvalue weighted by Crippen LogP contribution is 2.35. The van der Waals surface area contributed by atoms with Gasteiger partial charge in [0.25, 0.3) is 0 Å². The van der Waals surface area contributed by atoms with E-state index in [4.69, 9.17) is 28.9 Å². The highest BCUT2D eigenvalue weighted by molar-refractivity contribution is 6.38. The second-order valence-electron chi connectivity index (χ2n) is 5.95. The van der Waals surface area contributed by atoms with Crippen molar-refractivity contribution in [1.82, 2.24) is 5.32 Å². The maximum Gasteiger partial charge on any atom is 0.0693 e. The minimum absolute atomic E-state index is 0.444. The lowest BCUT2D eigenvalue weighted by atomic mass is 9.76. The van der Waals surface area contributed by atoms with Crippen LogP contribution in [-0.2, 0) is 6.54 Å². The largest absolute Gasteiger partial charge is 0.396 e. The first kappa shape index (κ1) is 15.0. The number of anilines is 1. The van der Waals surface area contributed by atoms with Crippen LogP contribution in [0.1, 0.15) is 44.6 Å². The van der Waals surface area contributed by atoms with Gasteiger partial charge in [0.05, 0.1) is 15.7 Å². The van der Waals surface area contributed by atoms with E-state index >= 15 is 0 Å². The molecule has 0 unspecified atom stereocenters. The lowest BCUT2D eigenvalue weighted by molar-refractivity contribution is 0.207. The van der Waals surface area contributed by atoms with E-state index in [1.165, 1.54) is 32.1 Å². The molecule has 3 N–H and O–H groups in total. The zero-order valence-electron chi connectivity index (χ0n) is 11.4. The molecule has 0 aromatic heterocycles. The van der Waals surface area contributed by atoms with Gasteiger partial charge in [0.1, 0.15) is 0 Å². The van der Waals surface area contributed by atoms with Crippen LogP contribution in [0.25, 0.3) is 0 Å². The minimum atomic E-state index is 0.444. The standard InChI is InChI=1S/C15H22Cl2N2/c1-15(5-3-2-4-6-15)10-19-9-11-7-12(16)14(18)13(17)8-11/h7-8,19H,2-6,9-10,18H2,1H3. The van der Waals surface area contributed by atoms with E-state index in [-0.39, 0.29) is 0 Å². The van der Waals surface area contributed by atoms with Crippen molar-refractivity contribution < 1.29 is 0 Å². The van der Waals surface area contributed by atoms with Crippen LogP contribution < -0.4 is 11.1 Å². The Balaban J connectivity index is 1.89. The molecule has 106 valence electrons. The van der Waals surface area contributed by atoms with Gasteiger partial charge >= 0.3 is 0 Å². The van der Waals surface area contributed by atoms with Crippen molar-refractivity contribution in [3.8, 4) is 0 Å². The maximum atomic E-state index is 6.04. The van der Waals surface area contributed by atoms with E-state index < -0.39 is 0 Å². The smallest absolute Gasteiger partial charge is 0.0693 e. The molecule has 0 spiro atoms. The van der Waals surface area contributed by atoms with Crippen molar-refractivity contribution in [3.05, 3.63) is 27.7 Å². The Kier molecular flexibility index (Phi) is 4.99. The summed E-state index contributed by atoms with van der Waals surface area (Å²) >= 11 is 12.1. The van der Waals surface area contributed by atoms with E-state index in [2.05, 4.69) is 12.2 Å². The summed E-state index contributed by atoms with van der Waals surface area (Å²) in [7, 11) is 0. The van der Waals surface area contributed by atoms with Crippen LogP contribution >= 0.6 is 23.2 Å². The predicted molar refractivity (Wildman–Crippen MR) is 83.8 cm³/mol. The molecule has 0 bridgehead atoms. The number of hydrogen-bond donors (Lipinski definition) is 2. The molecule has 0 heterocycles. The van der Waals surface area contributed by atoms with Crippen molar-refractivity contribution in [1.29, 1.82) is 0 Å². The highest BCUT2D eigenvalue weighted by Gasteiger charge is 2.25. The Morgan fingerprint density at radius 1 is 1.16 bits per heavy atom. The Hall–Kier alpha value is -0.440. The number of benzene rings is 1. The summed E-state index contributed by atoms with van der Waals surface area (Å²) in [5.74, 6) is 0. The fraction of sp³-hybridized carbons (Fsp3) is 0.600. The number of rotatable bonds is 4. The second kappa shape index (κ2) is 6.34. The second-order valence-corrected chi connectivity index (χ2v) is 6.76. The molecule has 1 saturated carbocycles. The van der Waals surface area contributed by atoms with Crippen LogP contribution in [0.3, 0.4) is 0 Å². The third-order valence-corrected chi connectivity index (χ3v) is 4.71. The molecule has 0 atom stereocenters. The molecule has 0 radical (unpaired) electrons. The van der Waals surface area contributed by atoms with Gasteiger partial charge in [-0.1, -0.05) is 49.4 Å². The predicted octanol–water partition coefficient (Wildman–Crippen LogP) is 4.64. The normalized spacial score (nSPS) is 18.5. The Morgan fingerprint density at radius 2 is 1.74 bits per heavy atom. The van der Waals surface area contributed by atoms with Gasteiger partial charge in [0, 0.05) is 13.1 Å². The van der Waals surface area contributed by atoms with Gasteiger partial charge < -0.3 is 11.1 Å². The molecule has 0 aliphatic heterocycles. The number of hydrogen-bond acceptors (Lipinski definition) is 2. The Bertz CT molecular complexity index is 417. The molecule has 19 heavy (non-hydrogen) atoms. The van der Waals surface area contributed by atoms with Crippen LogP contribution in [-0.4, -0.2) is 6.54 Å². The Labute approximate surface area is 125 Å². The van der Waals surface area contributed by atoms with Gasteiger partial charge in [0.15, 0.2) is 0 Å². The zero-order chi connectivity index (χ0) is 13.9. The Morgan fingerprint density at radius 3 is 2.32 bits per heavy atom. The maximum absolute atomic E-state index is 6.04. The summed E-state index contributed by atoms with van der Waals surface area (Å²) in [4.78, 5) is 0. The van der Waals surface area contributed by atoms with Crippen molar-refractivity contribution in [3.63, 3.8) is 0 Å². The van der Waals surface area contributed by atoms with Gasteiger partial charge in [-0.3, -0.25) is 0 Å². The van der Waals surface area contributed by atoms with Gasteiger partial charge in [-0.05, 0) is 36.0 Å². The van der Waals surface area contributed by atoms with Crippen LogP contribution in [0, 0.1) is 5.41 Å². The highest BCUT2D eigenvalue weighted by atomic mass is 35.5. The number of nitrogen functional groups attached to an aromatic ring is 1. The molecule has 2 nitrogen and oxygen atoms in total. The minimum Gasteiger partial charge on any atom is -0.396 e. The SMILES string of the molecule is CC1(CNCc2cc(Cl)c(N)c(Cl)c2)CCCCC1. The number of halogens is 2. The van der Waals surface area contributed by atoms with Gasteiger partial charge in [0.2, 0.25) is 0 Å². The summed E-state index contributed by atoms with van der Waals surface area (Å²) in [6, 6.07) is 3.78. The zero-order valence-corrected chi connectivity index (χ0v) is 12.9. The first-order chi connectivity index (χ1) is 9.00. The molecule has 1 fully saturated rings. The number of nitrogens with two attached hydrogens (primary N) is 1. The van der Waals surface area contributed by atoms with E-state index in [0.29, 0.717) is 21.1 Å². The van der Waals surface area contributed by atoms with Crippen molar-refractivity contribution in [2.45, 2.75) is 45.6 Å². The van der Waals surface area contributed by atoms with E-state index in [1.807, 2.05) is 12.1 Å².